The van der Waals surface area contributed by atoms with Crippen LogP contribution in [0.1, 0.15) is 23.7 Å². The van der Waals surface area contributed by atoms with Gasteiger partial charge in [-0.2, -0.15) is 0 Å². The van der Waals surface area contributed by atoms with Gasteiger partial charge in [-0.3, -0.25) is 25.4 Å². The maximum Gasteiger partial charge on any atom is 0.256 e. The van der Waals surface area contributed by atoms with Gasteiger partial charge in [0.2, 0.25) is 5.91 Å². The number of carbonyl (C=O) groups is 2. The van der Waals surface area contributed by atoms with Gasteiger partial charge in [0, 0.05) is 17.6 Å². The average Bonchev–Trinajstić information content (AvgIpc) is 3.43. The number of aromatic nitrogens is 2. The zero-order valence-electron chi connectivity index (χ0n) is 15.5. The predicted octanol–water partition coefficient (Wildman–Crippen LogP) is 1.50. The van der Waals surface area contributed by atoms with Crippen molar-refractivity contribution in [1.82, 2.24) is 31.7 Å². The van der Waals surface area contributed by atoms with Crippen LogP contribution in [0.25, 0.3) is 10.7 Å². The Labute approximate surface area is 171 Å². The number of amides is 2. The van der Waals surface area contributed by atoms with Crippen molar-refractivity contribution in [2.75, 3.05) is 0 Å². The lowest BCUT2D eigenvalue weighted by atomic mass is 10.0. The van der Waals surface area contributed by atoms with E-state index in [1.807, 2.05) is 53.9 Å². The van der Waals surface area contributed by atoms with Crippen LogP contribution in [0.3, 0.4) is 0 Å². The summed E-state index contributed by atoms with van der Waals surface area (Å²) in [6, 6.07) is 15.1. The van der Waals surface area contributed by atoms with Crippen molar-refractivity contribution in [3.63, 3.8) is 0 Å². The van der Waals surface area contributed by atoms with E-state index in [0.29, 0.717) is 12.1 Å². The number of nitrogens with zero attached hydrogens (tertiary/aromatic N) is 2. The number of benzene rings is 1. The molecule has 0 aliphatic carbocycles. The van der Waals surface area contributed by atoms with Gasteiger partial charge < -0.3 is 0 Å². The van der Waals surface area contributed by atoms with Crippen LogP contribution < -0.4 is 21.7 Å². The molecule has 3 heterocycles. The SMILES string of the molecule is O=C(Cc1csc(-c2ccccn2)n1)NNC(=O)C1CC(c2ccccc2)NN1. The Hall–Kier alpha value is -3.14. The van der Waals surface area contributed by atoms with E-state index in [4.69, 9.17) is 0 Å². The van der Waals surface area contributed by atoms with E-state index < -0.39 is 6.04 Å². The van der Waals surface area contributed by atoms with Crippen LogP contribution in [0.2, 0.25) is 0 Å². The first-order valence-corrected chi connectivity index (χ1v) is 10.1. The summed E-state index contributed by atoms with van der Waals surface area (Å²) in [5.41, 5.74) is 13.5. The van der Waals surface area contributed by atoms with Crippen LogP contribution >= 0.6 is 11.3 Å². The highest BCUT2D eigenvalue weighted by molar-refractivity contribution is 7.13. The third kappa shape index (κ3) is 4.83. The molecule has 2 aromatic heterocycles. The Morgan fingerprint density at radius 2 is 1.90 bits per heavy atom. The molecule has 0 bridgehead atoms. The number of rotatable bonds is 5. The summed E-state index contributed by atoms with van der Waals surface area (Å²) in [6.45, 7) is 0. The molecule has 9 heteroatoms. The van der Waals surface area contributed by atoms with Crippen molar-refractivity contribution < 1.29 is 9.59 Å². The van der Waals surface area contributed by atoms with Crippen molar-refractivity contribution in [1.29, 1.82) is 0 Å². The Morgan fingerprint density at radius 3 is 2.69 bits per heavy atom. The number of nitrogens with one attached hydrogen (secondary N) is 4. The number of carbonyl (C=O) groups excluding carboxylic acids is 2. The fourth-order valence-corrected chi connectivity index (χ4v) is 3.85. The quantitative estimate of drug-likeness (QED) is 0.477. The molecule has 0 radical (unpaired) electrons. The lowest BCUT2D eigenvalue weighted by Gasteiger charge is -2.11. The second kappa shape index (κ2) is 8.91. The van der Waals surface area contributed by atoms with E-state index in [-0.39, 0.29) is 24.3 Å². The number of pyridine rings is 1. The molecule has 1 fully saturated rings. The van der Waals surface area contributed by atoms with E-state index in [0.717, 1.165) is 16.3 Å². The van der Waals surface area contributed by atoms with Crippen LogP contribution in [0.15, 0.2) is 60.1 Å². The minimum Gasteiger partial charge on any atom is -0.273 e. The molecule has 4 rings (SSSR count). The van der Waals surface area contributed by atoms with Crippen LogP contribution in [-0.4, -0.2) is 27.8 Å². The van der Waals surface area contributed by atoms with E-state index in [9.17, 15) is 9.59 Å². The van der Waals surface area contributed by atoms with E-state index in [2.05, 4.69) is 31.7 Å². The molecule has 4 N–H and O–H groups in total. The second-order valence-corrected chi connectivity index (χ2v) is 7.47. The van der Waals surface area contributed by atoms with Gasteiger partial charge in [-0.15, -0.1) is 11.3 Å². The van der Waals surface area contributed by atoms with Crippen LogP contribution in [-0.2, 0) is 16.0 Å². The normalized spacial score (nSPS) is 18.3. The summed E-state index contributed by atoms with van der Waals surface area (Å²) in [7, 11) is 0. The van der Waals surface area contributed by atoms with E-state index in [1.165, 1.54) is 11.3 Å². The molecule has 2 amide bonds. The highest BCUT2D eigenvalue weighted by Gasteiger charge is 2.30. The number of hydrazine groups is 2. The highest BCUT2D eigenvalue weighted by Crippen LogP contribution is 2.22. The van der Waals surface area contributed by atoms with E-state index >= 15 is 0 Å². The van der Waals surface area contributed by atoms with Crippen molar-refractivity contribution in [2.24, 2.45) is 0 Å². The van der Waals surface area contributed by atoms with Gasteiger partial charge in [-0.25, -0.2) is 15.8 Å². The van der Waals surface area contributed by atoms with Gasteiger partial charge in [0.25, 0.3) is 5.91 Å². The van der Waals surface area contributed by atoms with Crippen LogP contribution in [0, 0.1) is 0 Å². The van der Waals surface area contributed by atoms with Gasteiger partial charge in [0.15, 0.2) is 0 Å². The monoisotopic (exact) mass is 408 g/mol. The zero-order valence-corrected chi connectivity index (χ0v) is 16.3. The van der Waals surface area contributed by atoms with Crippen molar-refractivity contribution in [3.05, 3.63) is 71.4 Å². The summed E-state index contributed by atoms with van der Waals surface area (Å²) < 4.78 is 0. The summed E-state index contributed by atoms with van der Waals surface area (Å²) in [5, 5.41) is 2.57. The molecule has 0 spiro atoms. The first kappa shape index (κ1) is 19.2. The third-order valence-corrected chi connectivity index (χ3v) is 5.44. The standard InChI is InChI=1S/C20H20N6O2S/c27-18(10-14-12-29-20(22-14)15-8-4-5-9-21-15)25-26-19(28)17-11-16(23-24-17)13-6-2-1-3-7-13/h1-9,12,16-17,23-24H,10-11H2,(H,25,27)(H,26,28). The first-order chi connectivity index (χ1) is 14.2. The average molecular weight is 408 g/mol. The number of hydrogen-bond acceptors (Lipinski definition) is 7. The second-order valence-electron chi connectivity index (χ2n) is 6.61. The highest BCUT2D eigenvalue weighted by atomic mass is 32.1. The summed E-state index contributed by atoms with van der Waals surface area (Å²) in [6.07, 6.45) is 2.37. The molecule has 148 valence electrons. The smallest absolute Gasteiger partial charge is 0.256 e. The summed E-state index contributed by atoms with van der Waals surface area (Å²) in [4.78, 5) is 33.1. The van der Waals surface area contributed by atoms with Gasteiger partial charge >= 0.3 is 0 Å². The van der Waals surface area contributed by atoms with Crippen LogP contribution in [0.4, 0.5) is 0 Å². The Balaban J connectivity index is 1.25. The minimum absolute atomic E-state index is 0.0441. The molecular weight excluding hydrogens is 388 g/mol. The van der Waals surface area contributed by atoms with Gasteiger partial charge in [0.1, 0.15) is 11.0 Å². The Kier molecular flexibility index (Phi) is 5.89. The number of hydrogen-bond donors (Lipinski definition) is 4. The van der Waals surface area contributed by atoms with Gasteiger partial charge in [0.05, 0.1) is 17.8 Å². The molecule has 3 aromatic rings. The number of thiazole rings is 1. The van der Waals surface area contributed by atoms with Crippen LogP contribution in [0.5, 0.6) is 0 Å². The maximum atomic E-state index is 12.3. The molecule has 1 aliphatic heterocycles. The zero-order chi connectivity index (χ0) is 20.1. The molecular formula is C20H20N6O2S. The molecule has 1 saturated heterocycles. The summed E-state index contributed by atoms with van der Waals surface area (Å²) >= 11 is 1.43. The molecule has 29 heavy (non-hydrogen) atoms. The largest absolute Gasteiger partial charge is 0.273 e. The Bertz CT molecular complexity index is 979. The molecule has 0 saturated carbocycles. The maximum absolute atomic E-state index is 12.3. The van der Waals surface area contributed by atoms with Crippen molar-refractivity contribution >= 4 is 23.2 Å². The summed E-state index contributed by atoms with van der Waals surface area (Å²) in [5.74, 6) is -0.626. The van der Waals surface area contributed by atoms with Crippen molar-refractivity contribution in [3.8, 4) is 10.7 Å². The fraction of sp³-hybridized carbons (Fsp3) is 0.200. The Morgan fingerprint density at radius 1 is 1.07 bits per heavy atom. The molecule has 2 unspecified atom stereocenters. The van der Waals surface area contributed by atoms with Gasteiger partial charge in [-0.1, -0.05) is 36.4 Å². The molecule has 8 nitrogen and oxygen atoms in total. The predicted molar refractivity (Wildman–Crippen MR) is 109 cm³/mol. The molecule has 1 aromatic carbocycles. The first-order valence-electron chi connectivity index (χ1n) is 9.19. The topological polar surface area (TPSA) is 108 Å². The molecule has 2 atom stereocenters. The third-order valence-electron chi connectivity index (χ3n) is 4.52. The molecule has 1 aliphatic rings. The van der Waals surface area contributed by atoms with Gasteiger partial charge in [-0.05, 0) is 24.1 Å². The fourth-order valence-electron chi connectivity index (χ4n) is 3.05. The lowest BCUT2D eigenvalue weighted by molar-refractivity contribution is -0.129. The van der Waals surface area contributed by atoms with E-state index in [1.54, 1.807) is 6.20 Å². The van der Waals surface area contributed by atoms with Crippen molar-refractivity contribution in [2.45, 2.75) is 24.9 Å². The lowest BCUT2D eigenvalue weighted by Crippen LogP contribution is -2.50. The minimum atomic E-state index is -0.435.